The number of rotatable bonds is 0. The van der Waals surface area contributed by atoms with Crippen molar-refractivity contribution in [2.24, 2.45) is 0 Å². The van der Waals surface area contributed by atoms with E-state index < -0.39 is 5.09 Å². The van der Waals surface area contributed by atoms with Crippen molar-refractivity contribution in [1.29, 1.82) is 0 Å². The van der Waals surface area contributed by atoms with E-state index in [9.17, 15) is 0 Å². The summed E-state index contributed by atoms with van der Waals surface area (Å²) in [6.45, 7) is 0. The molecule has 0 rings (SSSR count). The molecular formula is HNO4Y. The van der Waals surface area contributed by atoms with E-state index in [1.54, 1.807) is 0 Å². The number of hydrogen-bond acceptors (Lipinski definition) is 3. The maximum absolute atomic E-state index is 8.38. The van der Waals surface area contributed by atoms with Crippen LogP contribution in [0, 0.1) is 10.1 Å². The summed E-state index contributed by atoms with van der Waals surface area (Å²) in [6.07, 6.45) is 0. The van der Waals surface area contributed by atoms with Crippen LogP contribution in [0.1, 0.15) is 0 Å². The Balaban J connectivity index is 0. The summed E-state index contributed by atoms with van der Waals surface area (Å²) in [4.78, 5) is 8.36. The van der Waals surface area contributed by atoms with Gasteiger partial charge >= 0.3 is 33.1 Å². The number of nitrogens with zero attached hydrogens (tertiary/aromatic N) is 1. The molecule has 0 aromatic rings. The average Bonchev–Trinajstić information content (AvgIpc) is 1.41. The minimum atomic E-state index is -1.50. The zero-order valence-corrected chi connectivity index (χ0v) is 5.53. The van der Waals surface area contributed by atoms with Crippen molar-refractivity contribution in [2.75, 3.05) is 0 Å². The van der Waals surface area contributed by atoms with E-state index in [0.717, 1.165) is 0 Å². The molecule has 33 valence electrons. The molecule has 0 saturated heterocycles. The van der Waals surface area contributed by atoms with E-state index in [4.69, 9.17) is 17.4 Å². The summed E-state index contributed by atoms with van der Waals surface area (Å²) >= 11 is 0.100. The fraction of sp³-hybridized carbons (Fsp3) is 0. The molecule has 0 atom stereocenters. The Morgan fingerprint density at radius 2 is 1.67 bits per heavy atom. The molecule has 0 saturated carbocycles. The van der Waals surface area contributed by atoms with Gasteiger partial charge in [0, 0.05) is 0 Å². The van der Waals surface area contributed by atoms with Gasteiger partial charge in [-0.05, 0) is 0 Å². The Bertz CT molecular complexity index is 38.8. The average molecular weight is 168 g/mol. The van der Waals surface area contributed by atoms with Crippen LogP contribution in [0.25, 0.3) is 0 Å². The molecule has 0 unspecified atom stereocenters. The fourth-order valence-corrected chi connectivity index (χ4v) is 0. The molecule has 0 heterocycles. The van der Waals surface area contributed by atoms with Crippen LogP contribution in [0.15, 0.2) is 0 Å². The van der Waals surface area contributed by atoms with Crippen molar-refractivity contribution >= 4 is 0 Å². The van der Waals surface area contributed by atoms with Crippen molar-refractivity contribution in [3.05, 3.63) is 10.1 Å². The second-order valence-electron chi connectivity index (χ2n) is 0.238. The molecule has 0 amide bonds. The van der Waals surface area contributed by atoms with E-state index in [1.165, 1.54) is 0 Å². The van der Waals surface area contributed by atoms with E-state index in [0.29, 0.717) is 0 Å². The maximum atomic E-state index is 8.38. The van der Waals surface area contributed by atoms with E-state index in [2.05, 4.69) is 0 Å². The standard InChI is InChI=1S/HNO3.O.Y/c2-1(3)4;;/h(H,2,3,4);;. The molecule has 1 N–H and O–H groups in total. The summed E-state index contributed by atoms with van der Waals surface area (Å²) < 4.78 is 8.38. The van der Waals surface area contributed by atoms with Gasteiger partial charge in [0.25, 0.3) is 5.09 Å². The summed E-state index contributed by atoms with van der Waals surface area (Å²) in [5.41, 5.74) is 0. The third-order valence-electron chi connectivity index (χ3n) is 0. The zero-order chi connectivity index (χ0) is 5.58. The molecule has 0 aromatic carbocycles. The van der Waals surface area contributed by atoms with Crippen LogP contribution in [-0.2, 0) is 33.1 Å². The molecule has 0 bridgehead atoms. The van der Waals surface area contributed by atoms with Crippen LogP contribution in [0.4, 0.5) is 0 Å². The first-order valence-electron chi connectivity index (χ1n) is 0.801. The van der Waals surface area contributed by atoms with Gasteiger partial charge in [0.05, 0.1) is 0 Å². The molecule has 0 radical (unpaired) electrons. The monoisotopic (exact) mass is 168 g/mol. The normalized spacial score (nSPS) is 5.00. The predicted octanol–water partition coefficient (Wildman–Crippen LogP) is -0.469. The van der Waals surface area contributed by atoms with Gasteiger partial charge in [-0.25, -0.2) is 0 Å². The Morgan fingerprint density at radius 1 is 1.67 bits per heavy atom. The van der Waals surface area contributed by atoms with Gasteiger partial charge in [-0.2, -0.15) is 0 Å². The first-order chi connectivity index (χ1) is 2.73. The van der Waals surface area contributed by atoms with Gasteiger partial charge in [0.15, 0.2) is 0 Å². The molecular weight excluding hydrogens is 167 g/mol. The van der Waals surface area contributed by atoms with Crippen molar-refractivity contribution < 1.29 is 43.3 Å². The Kier molecular flexibility index (Phi) is 14.0. The van der Waals surface area contributed by atoms with Crippen LogP contribution in [0.3, 0.4) is 0 Å². The summed E-state index contributed by atoms with van der Waals surface area (Å²) in [7, 11) is 0. The van der Waals surface area contributed by atoms with Gasteiger partial charge < -0.3 is 5.21 Å². The van der Waals surface area contributed by atoms with Gasteiger partial charge in [-0.15, -0.1) is 10.1 Å². The van der Waals surface area contributed by atoms with Gasteiger partial charge in [0.2, 0.25) is 0 Å². The first-order valence-corrected chi connectivity index (χ1v) is 1.96. The Morgan fingerprint density at radius 3 is 1.67 bits per heavy atom. The molecule has 0 aliphatic rings. The SMILES string of the molecule is O=[N+]([O-])O.[O]=[Y]. The molecule has 0 aromatic heterocycles. The third kappa shape index (κ3) is 3660. The molecule has 5 nitrogen and oxygen atoms in total. The quantitative estimate of drug-likeness (QED) is 0.391. The Labute approximate surface area is 53.5 Å². The molecule has 6 heavy (non-hydrogen) atoms. The molecule has 6 heteroatoms. The first kappa shape index (κ1) is 9.44. The van der Waals surface area contributed by atoms with E-state index in [1.807, 2.05) is 0 Å². The molecule has 0 spiro atoms. The topological polar surface area (TPSA) is 80.4 Å². The van der Waals surface area contributed by atoms with Gasteiger partial charge in [0.1, 0.15) is 0 Å². The summed E-state index contributed by atoms with van der Waals surface area (Å²) in [6, 6.07) is 0. The van der Waals surface area contributed by atoms with Crippen molar-refractivity contribution in [2.45, 2.75) is 0 Å². The van der Waals surface area contributed by atoms with E-state index in [-0.39, 0.29) is 31.0 Å². The Hall–Kier alpha value is 0.104. The van der Waals surface area contributed by atoms with Crippen LogP contribution in [0.2, 0.25) is 0 Å². The van der Waals surface area contributed by atoms with Gasteiger partial charge in [-0.1, -0.05) is 0 Å². The van der Waals surface area contributed by atoms with Crippen LogP contribution >= 0.6 is 0 Å². The third-order valence-corrected chi connectivity index (χ3v) is 0. The van der Waals surface area contributed by atoms with Gasteiger partial charge in [-0.3, -0.25) is 0 Å². The molecule has 0 aliphatic heterocycles. The number of hydrogen-bond donors (Lipinski definition) is 1. The van der Waals surface area contributed by atoms with Crippen LogP contribution in [-0.4, -0.2) is 10.3 Å². The van der Waals surface area contributed by atoms with Crippen molar-refractivity contribution in [3.63, 3.8) is 0 Å². The second kappa shape index (κ2) is 8.92. The predicted molar refractivity (Wildman–Crippen MR) is 9.47 cm³/mol. The minimum absolute atomic E-state index is 0.100. The summed E-state index contributed by atoms with van der Waals surface area (Å²) in [5.74, 6) is 0. The zero-order valence-electron chi connectivity index (χ0n) is 2.70. The van der Waals surface area contributed by atoms with Crippen LogP contribution in [0.5, 0.6) is 0 Å². The van der Waals surface area contributed by atoms with Crippen molar-refractivity contribution in [3.8, 4) is 0 Å². The summed E-state index contributed by atoms with van der Waals surface area (Å²) in [5, 5.41) is 13.6. The molecule has 0 fully saturated rings. The second-order valence-corrected chi connectivity index (χ2v) is 0.238. The van der Waals surface area contributed by atoms with Crippen LogP contribution < -0.4 is 0 Å². The molecule has 0 aliphatic carbocycles. The van der Waals surface area contributed by atoms with E-state index >= 15 is 0 Å². The van der Waals surface area contributed by atoms with Crippen molar-refractivity contribution in [1.82, 2.24) is 0 Å². The fourth-order valence-electron chi connectivity index (χ4n) is 0.